The van der Waals surface area contributed by atoms with Gasteiger partial charge in [-0.15, -0.1) is 0 Å². The summed E-state index contributed by atoms with van der Waals surface area (Å²) in [5.41, 5.74) is 6.97. The van der Waals surface area contributed by atoms with Gasteiger partial charge in [-0.3, -0.25) is 5.10 Å². The standard InChI is InChI=1S/C32H34N4O4/c37-32(38)40-24-10-11-26-27(18-24)36-19-23(31-33-28(34-35-31)16-20-12-14-39-15-13-20)17-22-8-4-5-9-25(22)30(36)29(26)21-6-2-1-3-7-21/h4-5,8-11,17-18,20-21H,1-3,6-7,12-16,19H2,(H,37,38)(H,33,34,35). The average molecular weight is 539 g/mol. The van der Waals surface area contributed by atoms with Crippen LogP contribution in [0.5, 0.6) is 5.75 Å². The number of carboxylic acid groups (broad SMARTS) is 1. The molecular formula is C32H34N4O4. The molecule has 0 amide bonds. The van der Waals surface area contributed by atoms with Gasteiger partial charge in [-0.1, -0.05) is 43.5 Å². The monoisotopic (exact) mass is 538 g/mol. The first-order valence-electron chi connectivity index (χ1n) is 14.5. The summed E-state index contributed by atoms with van der Waals surface area (Å²) in [6.07, 6.45) is 9.95. The highest BCUT2D eigenvalue weighted by molar-refractivity contribution is 5.98. The van der Waals surface area contributed by atoms with Gasteiger partial charge < -0.3 is 19.1 Å². The van der Waals surface area contributed by atoms with Gasteiger partial charge in [0.15, 0.2) is 11.6 Å². The van der Waals surface area contributed by atoms with Crippen molar-refractivity contribution in [2.45, 2.75) is 63.8 Å². The van der Waals surface area contributed by atoms with Crippen molar-refractivity contribution in [1.82, 2.24) is 19.7 Å². The Kier molecular flexibility index (Phi) is 6.63. The molecule has 2 N–H and O–H groups in total. The van der Waals surface area contributed by atoms with Crippen LogP contribution in [0.25, 0.3) is 33.8 Å². The molecular weight excluding hydrogens is 504 g/mol. The van der Waals surface area contributed by atoms with Crippen molar-refractivity contribution < 1.29 is 19.4 Å². The number of aromatic nitrogens is 4. The normalized spacial score (nSPS) is 18.1. The predicted molar refractivity (Wildman–Crippen MR) is 153 cm³/mol. The minimum Gasteiger partial charge on any atom is -0.449 e. The third-order valence-electron chi connectivity index (χ3n) is 8.82. The molecule has 0 spiro atoms. The molecule has 2 aliphatic heterocycles. The maximum Gasteiger partial charge on any atom is 0.511 e. The number of nitrogens with zero attached hydrogens (tertiary/aromatic N) is 3. The van der Waals surface area contributed by atoms with E-state index in [0.717, 1.165) is 60.8 Å². The second-order valence-electron chi connectivity index (χ2n) is 11.3. The molecule has 0 radical (unpaired) electrons. The van der Waals surface area contributed by atoms with Crippen LogP contribution in [0.4, 0.5) is 4.79 Å². The molecule has 4 heterocycles. The number of rotatable bonds is 5. The molecule has 3 aliphatic rings. The second-order valence-corrected chi connectivity index (χ2v) is 11.3. The Bertz CT molecular complexity index is 1590. The molecule has 2 aromatic carbocycles. The van der Waals surface area contributed by atoms with Crippen molar-refractivity contribution >= 4 is 28.7 Å². The number of hydrogen-bond donors (Lipinski definition) is 2. The molecule has 0 unspecified atom stereocenters. The fraction of sp³-hybridized carbons (Fsp3) is 0.406. The molecule has 1 saturated carbocycles. The molecule has 1 aliphatic carbocycles. The summed E-state index contributed by atoms with van der Waals surface area (Å²) in [6.45, 7) is 2.21. The van der Waals surface area contributed by atoms with Gasteiger partial charge in [0.05, 0.1) is 17.8 Å². The van der Waals surface area contributed by atoms with Gasteiger partial charge in [0, 0.05) is 42.2 Å². The third-order valence-corrected chi connectivity index (χ3v) is 8.82. The van der Waals surface area contributed by atoms with E-state index in [1.54, 1.807) is 6.07 Å². The first kappa shape index (κ1) is 25.1. The van der Waals surface area contributed by atoms with Gasteiger partial charge >= 0.3 is 6.16 Å². The quantitative estimate of drug-likeness (QED) is 0.208. The summed E-state index contributed by atoms with van der Waals surface area (Å²) < 4.78 is 13.0. The molecule has 0 bridgehead atoms. The van der Waals surface area contributed by atoms with Crippen LogP contribution in [-0.4, -0.2) is 44.2 Å². The average Bonchev–Trinajstić information content (AvgIpc) is 3.51. The van der Waals surface area contributed by atoms with Crippen molar-refractivity contribution in [3.8, 4) is 17.0 Å². The number of carbonyl (C=O) groups is 1. The zero-order valence-corrected chi connectivity index (χ0v) is 22.6. The summed E-state index contributed by atoms with van der Waals surface area (Å²) in [5, 5.41) is 18.3. The number of hydrogen-bond acceptors (Lipinski definition) is 5. The van der Waals surface area contributed by atoms with E-state index in [-0.39, 0.29) is 0 Å². The van der Waals surface area contributed by atoms with Gasteiger partial charge in [0.25, 0.3) is 0 Å². The highest BCUT2D eigenvalue weighted by Crippen LogP contribution is 2.47. The summed E-state index contributed by atoms with van der Waals surface area (Å²) in [4.78, 5) is 16.3. The van der Waals surface area contributed by atoms with E-state index in [9.17, 15) is 9.90 Å². The summed E-state index contributed by atoms with van der Waals surface area (Å²) >= 11 is 0. The van der Waals surface area contributed by atoms with E-state index in [4.69, 9.17) is 14.5 Å². The fourth-order valence-electron chi connectivity index (χ4n) is 6.91. The first-order chi connectivity index (χ1) is 19.6. The number of nitrogens with one attached hydrogen (secondary N) is 1. The van der Waals surface area contributed by atoms with Crippen LogP contribution < -0.4 is 4.74 Å². The lowest BCUT2D eigenvalue weighted by Crippen LogP contribution is -2.18. The fourth-order valence-corrected chi connectivity index (χ4v) is 6.91. The molecule has 1 saturated heterocycles. The van der Waals surface area contributed by atoms with Crippen LogP contribution in [-0.2, 0) is 17.7 Å². The Morgan fingerprint density at radius 3 is 2.73 bits per heavy atom. The van der Waals surface area contributed by atoms with Crippen LogP contribution in [0.2, 0.25) is 0 Å². The topological polar surface area (TPSA) is 102 Å². The Morgan fingerprint density at radius 2 is 1.90 bits per heavy atom. The van der Waals surface area contributed by atoms with Crippen LogP contribution in [0, 0.1) is 5.92 Å². The van der Waals surface area contributed by atoms with Gasteiger partial charge in [-0.25, -0.2) is 9.78 Å². The van der Waals surface area contributed by atoms with Crippen LogP contribution >= 0.6 is 0 Å². The lowest BCUT2D eigenvalue weighted by Gasteiger charge is -2.24. The van der Waals surface area contributed by atoms with Gasteiger partial charge in [0.2, 0.25) is 0 Å². The first-order valence-corrected chi connectivity index (χ1v) is 14.5. The molecule has 8 nitrogen and oxygen atoms in total. The summed E-state index contributed by atoms with van der Waals surface area (Å²) in [7, 11) is 0. The Labute approximate surface area is 233 Å². The van der Waals surface area contributed by atoms with Crippen LogP contribution in [0.3, 0.4) is 0 Å². The zero-order chi connectivity index (χ0) is 27.1. The Hall–Kier alpha value is -3.91. The maximum atomic E-state index is 11.4. The number of ether oxygens (including phenoxy) is 2. The minimum absolute atomic E-state index is 0.331. The van der Waals surface area contributed by atoms with E-state index >= 15 is 0 Å². The van der Waals surface area contributed by atoms with Crippen LogP contribution in [0.15, 0.2) is 42.5 Å². The van der Waals surface area contributed by atoms with Crippen molar-refractivity contribution in [3.63, 3.8) is 0 Å². The second kappa shape index (κ2) is 10.6. The third kappa shape index (κ3) is 4.70. The molecule has 4 aromatic rings. The highest BCUT2D eigenvalue weighted by Gasteiger charge is 2.30. The van der Waals surface area contributed by atoms with E-state index in [0.29, 0.717) is 24.1 Å². The Morgan fingerprint density at radius 1 is 1.07 bits per heavy atom. The minimum atomic E-state index is -1.31. The van der Waals surface area contributed by atoms with Gasteiger partial charge in [0.1, 0.15) is 5.75 Å². The largest absolute Gasteiger partial charge is 0.511 e. The molecule has 8 heteroatoms. The lowest BCUT2D eigenvalue weighted by atomic mass is 9.81. The number of aromatic amines is 1. The van der Waals surface area contributed by atoms with Gasteiger partial charge in [-0.2, -0.15) is 5.10 Å². The maximum absolute atomic E-state index is 11.4. The predicted octanol–water partition coefficient (Wildman–Crippen LogP) is 7.05. The Balaban J connectivity index is 1.36. The zero-order valence-electron chi connectivity index (χ0n) is 22.6. The number of H-pyrrole nitrogens is 1. The summed E-state index contributed by atoms with van der Waals surface area (Å²) in [5.74, 6) is 2.97. The van der Waals surface area contributed by atoms with E-state index in [2.05, 4.69) is 45.1 Å². The molecule has 7 rings (SSSR count). The molecule has 2 fully saturated rings. The lowest BCUT2D eigenvalue weighted by molar-refractivity contribution is 0.0660. The van der Waals surface area contributed by atoms with Crippen molar-refractivity contribution in [2.24, 2.45) is 5.92 Å². The summed E-state index contributed by atoms with van der Waals surface area (Å²) in [6, 6.07) is 14.3. The van der Waals surface area contributed by atoms with Crippen molar-refractivity contribution in [1.29, 1.82) is 0 Å². The van der Waals surface area contributed by atoms with E-state index in [1.165, 1.54) is 54.3 Å². The number of benzene rings is 2. The number of fused-ring (bicyclic) bond motifs is 5. The molecule has 206 valence electrons. The highest BCUT2D eigenvalue weighted by atomic mass is 16.7. The van der Waals surface area contributed by atoms with Crippen molar-refractivity contribution in [3.05, 3.63) is 65.2 Å². The van der Waals surface area contributed by atoms with Crippen molar-refractivity contribution in [2.75, 3.05) is 13.2 Å². The molecule has 2 aromatic heterocycles. The molecule has 40 heavy (non-hydrogen) atoms. The number of allylic oxidation sites excluding steroid dienone is 1. The van der Waals surface area contributed by atoms with Crippen LogP contribution in [0.1, 0.15) is 73.6 Å². The molecule has 0 atom stereocenters. The van der Waals surface area contributed by atoms with E-state index < -0.39 is 6.16 Å². The van der Waals surface area contributed by atoms with E-state index in [1.807, 2.05) is 12.1 Å². The smallest absolute Gasteiger partial charge is 0.449 e. The SMILES string of the molecule is O=C(O)Oc1ccc2c(C3CCCCC3)c3n(c2c1)CC(c1nc(CC2CCOCC2)n[nH]1)=Cc1ccccc1-3. The van der Waals surface area contributed by atoms with Gasteiger partial charge in [-0.05, 0) is 66.9 Å².